The molecule has 0 aromatic heterocycles. The summed E-state index contributed by atoms with van der Waals surface area (Å²) in [6, 6.07) is 6.87. The molecule has 1 aromatic rings. The first-order valence-electron chi connectivity index (χ1n) is 7.27. The Bertz CT molecular complexity index is 404. The molecule has 0 radical (unpaired) electrons. The summed E-state index contributed by atoms with van der Waals surface area (Å²) >= 11 is 0. The zero-order chi connectivity index (χ0) is 13.7. The number of fused-ring (bicyclic) bond motifs is 1. The molecule has 0 spiro atoms. The van der Waals surface area contributed by atoms with Gasteiger partial charge in [-0.05, 0) is 36.6 Å². The van der Waals surface area contributed by atoms with Crippen LogP contribution in [-0.4, -0.2) is 25.8 Å². The van der Waals surface area contributed by atoms with Crippen LogP contribution in [0.1, 0.15) is 32.8 Å². The van der Waals surface area contributed by atoms with Gasteiger partial charge in [-0.3, -0.25) is 0 Å². The Labute approximate surface area is 116 Å². The Hall–Kier alpha value is -1.22. The Morgan fingerprint density at radius 3 is 2.58 bits per heavy atom. The molecule has 2 rings (SSSR count). The van der Waals surface area contributed by atoms with Crippen molar-refractivity contribution in [2.45, 2.75) is 39.7 Å². The van der Waals surface area contributed by atoms with Gasteiger partial charge in [0, 0.05) is 12.5 Å². The molecule has 106 valence electrons. The van der Waals surface area contributed by atoms with E-state index in [9.17, 15) is 0 Å². The Kier molecular flexibility index (Phi) is 5.08. The van der Waals surface area contributed by atoms with Gasteiger partial charge in [-0.25, -0.2) is 0 Å². The monoisotopic (exact) mass is 263 g/mol. The van der Waals surface area contributed by atoms with E-state index in [0.717, 1.165) is 44.1 Å². The Morgan fingerprint density at radius 1 is 1.11 bits per heavy atom. The summed E-state index contributed by atoms with van der Waals surface area (Å²) in [5.41, 5.74) is 1.32. The summed E-state index contributed by atoms with van der Waals surface area (Å²) in [6.07, 6.45) is 2.02. The van der Waals surface area contributed by atoms with Gasteiger partial charge < -0.3 is 14.8 Å². The van der Waals surface area contributed by atoms with Crippen molar-refractivity contribution in [3.63, 3.8) is 0 Å². The van der Waals surface area contributed by atoms with Crippen molar-refractivity contribution in [3.05, 3.63) is 23.8 Å². The van der Waals surface area contributed by atoms with E-state index in [2.05, 4.69) is 38.2 Å². The van der Waals surface area contributed by atoms with E-state index >= 15 is 0 Å². The van der Waals surface area contributed by atoms with Crippen LogP contribution in [0.25, 0.3) is 0 Å². The number of nitrogens with one attached hydrogen (secondary N) is 1. The van der Waals surface area contributed by atoms with E-state index in [0.29, 0.717) is 12.0 Å². The maximum atomic E-state index is 5.73. The minimum atomic E-state index is 0.547. The van der Waals surface area contributed by atoms with E-state index < -0.39 is 0 Å². The Morgan fingerprint density at radius 2 is 1.84 bits per heavy atom. The molecular formula is C16H25NO2. The molecule has 1 atom stereocenters. The van der Waals surface area contributed by atoms with Gasteiger partial charge in [-0.15, -0.1) is 0 Å². The molecule has 1 aliphatic rings. The fraction of sp³-hybridized carbons (Fsp3) is 0.625. The second-order valence-electron chi connectivity index (χ2n) is 5.70. The molecule has 3 heteroatoms. The molecule has 0 amide bonds. The van der Waals surface area contributed by atoms with Crippen molar-refractivity contribution in [1.82, 2.24) is 5.32 Å². The molecule has 3 nitrogen and oxygen atoms in total. The molecule has 0 aliphatic carbocycles. The van der Waals surface area contributed by atoms with Crippen LogP contribution < -0.4 is 14.8 Å². The SMILES string of the molecule is CC(CNC(C)C)Cc1ccc2c(c1)OCCCO2. The van der Waals surface area contributed by atoms with Crippen LogP contribution in [0.3, 0.4) is 0 Å². The molecule has 1 aliphatic heterocycles. The van der Waals surface area contributed by atoms with Crippen LogP contribution >= 0.6 is 0 Å². The topological polar surface area (TPSA) is 30.5 Å². The molecule has 0 saturated carbocycles. The maximum Gasteiger partial charge on any atom is 0.161 e. The molecule has 1 heterocycles. The first kappa shape index (κ1) is 14.2. The second kappa shape index (κ2) is 6.80. The van der Waals surface area contributed by atoms with Crippen molar-refractivity contribution in [2.75, 3.05) is 19.8 Å². The summed E-state index contributed by atoms with van der Waals surface area (Å²) in [5.74, 6) is 2.40. The second-order valence-corrected chi connectivity index (χ2v) is 5.70. The zero-order valence-corrected chi connectivity index (χ0v) is 12.2. The zero-order valence-electron chi connectivity index (χ0n) is 12.2. The maximum absolute atomic E-state index is 5.73. The van der Waals surface area contributed by atoms with Gasteiger partial charge >= 0.3 is 0 Å². The molecule has 0 bridgehead atoms. The number of ether oxygens (including phenoxy) is 2. The highest BCUT2D eigenvalue weighted by Crippen LogP contribution is 2.31. The van der Waals surface area contributed by atoms with Gasteiger partial charge in [0.05, 0.1) is 13.2 Å². The number of hydrogen-bond donors (Lipinski definition) is 1. The highest BCUT2D eigenvalue weighted by molar-refractivity contribution is 5.43. The summed E-state index contributed by atoms with van der Waals surface area (Å²) in [7, 11) is 0. The largest absolute Gasteiger partial charge is 0.490 e. The highest BCUT2D eigenvalue weighted by atomic mass is 16.5. The first-order chi connectivity index (χ1) is 9.15. The molecule has 19 heavy (non-hydrogen) atoms. The van der Waals surface area contributed by atoms with Crippen molar-refractivity contribution >= 4 is 0 Å². The van der Waals surface area contributed by atoms with Crippen LogP contribution in [0.2, 0.25) is 0 Å². The summed E-state index contributed by atoms with van der Waals surface area (Å²) < 4.78 is 11.4. The lowest BCUT2D eigenvalue weighted by atomic mass is 10.0. The van der Waals surface area contributed by atoms with E-state index in [4.69, 9.17) is 9.47 Å². The van der Waals surface area contributed by atoms with Crippen molar-refractivity contribution in [1.29, 1.82) is 0 Å². The van der Waals surface area contributed by atoms with Gasteiger partial charge in [0.15, 0.2) is 11.5 Å². The van der Waals surface area contributed by atoms with Gasteiger partial charge in [0.1, 0.15) is 0 Å². The van der Waals surface area contributed by atoms with Crippen molar-refractivity contribution in [3.8, 4) is 11.5 Å². The summed E-state index contributed by atoms with van der Waals surface area (Å²) in [6.45, 7) is 9.19. The highest BCUT2D eigenvalue weighted by Gasteiger charge is 2.12. The summed E-state index contributed by atoms with van der Waals surface area (Å²) in [5, 5.41) is 3.48. The average molecular weight is 263 g/mol. The third-order valence-corrected chi connectivity index (χ3v) is 3.27. The summed E-state index contributed by atoms with van der Waals surface area (Å²) in [4.78, 5) is 0. The third-order valence-electron chi connectivity index (χ3n) is 3.27. The first-order valence-corrected chi connectivity index (χ1v) is 7.27. The standard InChI is InChI=1S/C16H25NO2/c1-12(2)17-11-13(3)9-14-5-6-15-16(10-14)19-8-4-7-18-15/h5-6,10,12-13,17H,4,7-9,11H2,1-3H3. The van der Waals surface area contributed by atoms with Gasteiger partial charge in [-0.1, -0.05) is 26.8 Å². The molecule has 1 unspecified atom stereocenters. The van der Waals surface area contributed by atoms with Crippen molar-refractivity contribution < 1.29 is 9.47 Å². The molecule has 0 saturated heterocycles. The smallest absolute Gasteiger partial charge is 0.161 e. The van der Waals surface area contributed by atoms with Gasteiger partial charge in [0.2, 0.25) is 0 Å². The van der Waals surface area contributed by atoms with Crippen LogP contribution in [0.4, 0.5) is 0 Å². The lowest BCUT2D eigenvalue weighted by Crippen LogP contribution is -2.28. The van der Waals surface area contributed by atoms with E-state index in [1.165, 1.54) is 5.56 Å². The fourth-order valence-electron chi connectivity index (χ4n) is 2.25. The van der Waals surface area contributed by atoms with Crippen LogP contribution in [-0.2, 0) is 6.42 Å². The van der Waals surface area contributed by atoms with Crippen LogP contribution in [0.15, 0.2) is 18.2 Å². The molecular weight excluding hydrogens is 238 g/mol. The molecule has 0 fully saturated rings. The normalized spacial score (nSPS) is 16.2. The minimum Gasteiger partial charge on any atom is -0.490 e. The number of hydrogen-bond acceptors (Lipinski definition) is 3. The quantitative estimate of drug-likeness (QED) is 0.885. The van der Waals surface area contributed by atoms with E-state index in [1.807, 2.05) is 6.07 Å². The van der Waals surface area contributed by atoms with Gasteiger partial charge in [-0.2, -0.15) is 0 Å². The predicted octanol–water partition coefficient (Wildman–Crippen LogP) is 3.02. The van der Waals surface area contributed by atoms with Gasteiger partial charge in [0.25, 0.3) is 0 Å². The lowest BCUT2D eigenvalue weighted by molar-refractivity contribution is 0.297. The number of benzene rings is 1. The number of rotatable bonds is 5. The van der Waals surface area contributed by atoms with Crippen LogP contribution in [0, 0.1) is 5.92 Å². The average Bonchev–Trinajstić information content (AvgIpc) is 2.61. The van der Waals surface area contributed by atoms with E-state index in [1.54, 1.807) is 0 Å². The lowest BCUT2D eigenvalue weighted by Gasteiger charge is -2.16. The van der Waals surface area contributed by atoms with E-state index in [-0.39, 0.29) is 0 Å². The van der Waals surface area contributed by atoms with Crippen molar-refractivity contribution in [2.24, 2.45) is 5.92 Å². The Balaban J connectivity index is 1.95. The molecule has 1 N–H and O–H groups in total. The molecule has 1 aromatic carbocycles. The van der Waals surface area contributed by atoms with Crippen LogP contribution in [0.5, 0.6) is 11.5 Å². The third kappa shape index (κ3) is 4.43. The fourth-order valence-corrected chi connectivity index (χ4v) is 2.25. The minimum absolute atomic E-state index is 0.547. The predicted molar refractivity (Wildman–Crippen MR) is 78.1 cm³/mol.